The van der Waals surface area contributed by atoms with E-state index in [0.29, 0.717) is 19.6 Å². The van der Waals surface area contributed by atoms with Crippen LogP contribution in [0.5, 0.6) is 0 Å². The van der Waals surface area contributed by atoms with E-state index in [1.165, 1.54) is 12.5 Å². The number of likely N-dealkylation sites (N-methyl/N-ethyl adjacent to an activating group) is 1. The molecule has 0 spiro atoms. The molecule has 1 aromatic rings. The van der Waals surface area contributed by atoms with Gasteiger partial charge in [0, 0.05) is 26.6 Å². The molecule has 0 unspecified atom stereocenters. The summed E-state index contributed by atoms with van der Waals surface area (Å²) in [6.45, 7) is 7.61. The lowest BCUT2D eigenvalue weighted by molar-refractivity contribution is -0.139. The van der Waals surface area contributed by atoms with Crippen molar-refractivity contribution < 1.29 is 9.59 Å². The van der Waals surface area contributed by atoms with Gasteiger partial charge in [0.15, 0.2) is 0 Å². The molecule has 0 aromatic heterocycles. The molecule has 0 aliphatic heterocycles. The number of rotatable bonds is 8. The summed E-state index contributed by atoms with van der Waals surface area (Å²) in [7, 11) is 0. The van der Waals surface area contributed by atoms with Crippen molar-refractivity contribution in [2.24, 2.45) is 0 Å². The molecule has 4 nitrogen and oxygen atoms in total. The topological polar surface area (TPSA) is 40.6 Å². The van der Waals surface area contributed by atoms with Crippen LogP contribution < -0.4 is 0 Å². The second-order valence-electron chi connectivity index (χ2n) is 5.10. The van der Waals surface area contributed by atoms with Gasteiger partial charge in [0.05, 0.1) is 6.54 Å². The van der Waals surface area contributed by atoms with Crippen molar-refractivity contribution in [2.75, 3.05) is 26.2 Å². The van der Waals surface area contributed by atoms with Gasteiger partial charge in [-0.25, -0.2) is 0 Å². The first-order valence-electron chi connectivity index (χ1n) is 7.65. The summed E-state index contributed by atoms with van der Waals surface area (Å²) < 4.78 is 0. The van der Waals surface area contributed by atoms with Crippen LogP contribution in [-0.2, 0) is 16.0 Å². The van der Waals surface area contributed by atoms with Crippen LogP contribution in [0.25, 0.3) is 0 Å². The Hall–Kier alpha value is -1.84. The van der Waals surface area contributed by atoms with Crippen LogP contribution in [0.15, 0.2) is 30.3 Å². The van der Waals surface area contributed by atoms with Crippen LogP contribution in [0.3, 0.4) is 0 Å². The Bertz CT molecular complexity index is 441. The van der Waals surface area contributed by atoms with E-state index < -0.39 is 0 Å². The molecule has 0 bridgehead atoms. The zero-order valence-corrected chi connectivity index (χ0v) is 13.3. The molecule has 0 aliphatic carbocycles. The molecule has 0 fully saturated rings. The maximum Gasteiger partial charge on any atom is 0.242 e. The first kappa shape index (κ1) is 17.2. The number of carbonyl (C=O) groups excluding carboxylic acids is 2. The summed E-state index contributed by atoms with van der Waals surface area (Å²) in [5.41, 5.74) is 1.26. The van der Waals surface area contributed by atoms with Crippen molar-refractivity contribution in [2.45, 2.75) is 33.6 Å². The maximum absolute atomic E-state index is 12.1. The van der Waals surface area contributed by atoms with E-state index in [1.54, 1.807) is 9.80 Å². The van der Waals surface area contributed by atoms with Gasteiger partial charge in [-0.3, -0.25) is 9.59 Å². The molecule has 4 heteroatoms. The number of amides is 2. The minimum atomic E-state index is -0.0384. The van der Waals surface area contributed by atoms with Crippen LogP contribution in [-0.4, -0.2) is 47.8 Å². The highest BCUT2D eigenvalue weighted by Gasteiger charge is 2.16. The van der Waals surface area contributed by atoms with E-state index in [9.17, 15) is 9.59 Å². The van der Waals surface area contributed by atoms with Crippen LogP contribution in [0.2, 0.25) is 0 Å². The summed E-state index contributed by atoms with van der Waals surface area (Å²) in [5, 5.41) is 0. The zero-order chi connectivity index (χ0) is 15.7. The standard InChI is InChI=1S/C17H26N2O2/c1-4-18(5-2)17(21)14-19(15(3)20)13-9-12-16-10-7-6-8-11-16/h6-8,10-11H,4-5,9,12-14H2,1-3H3. The van der Waals surface area contributed by atoms with Crippen LogP contribution in [0, 0.1) is 0 Å². The number of hydrogen-bond donors (Lipinski definition) is 0. The normalized spacial score (nSPS) is 10.2. The average Bonchev–Trinajstić information content (AvgIpc) is 2.48. The molecule has 0 radical (unpaired) electrons. The molecular formula is C17H26N2O2. The summed E-state index contributed by atoms with van der Waals surface area (Å²) in [4.78, 5) is 27.2. The minimum Gasteiger partial charge on any atom is -0.342 e. The van der Waals surface area contributed by atoms with Gasteiger partial charge in [-0.15, -0.1) is 0 Å². The highest BCUT2D eigenvalue weighted by molar-refractivity contribution is 5.83. The molecule has 0 saturated carbocycles. The van der Waals surface area contributed by atoms with Gasteiger partial charge in [-0.05, 0) is 32.3 Å². The van der Waals surface area contributed by atoms with Crippen molar-refractivity contribution in [3.05, 3.63) is 35.9 Å². The Balaban J connectivity index is 2.47. The third-order valence-electron chi connectivity index (χ3n) is 3.62. The monoisotopic (exact) mass is 290 g/mol. The fourth-order valence-electron chi connectivity index (χ4n) is 2.31. The first-order valence-corrected chi connectivity index (χ1v) is 7.65. The lowest BCUT2D eigenvalue weighted by Gasteiger charge is -2.25. The van der Waals surface area contributed by atoms with E-state index in [4.69, 9.17) is 0 Å². The van der Waals surface area contributed by atoms with Gasteiger partial charge >= 0.3 is 0 Å². The van der Waals surface area contributed by atoms with E-state index >= 15 is 0 Å². The van der Waals surface area contributed by atoms with E-state index in [2.05, 4.69) is 12.1 Å². The van der Waals surface area contributed by atoms with Crippen molar-refractivity contribution in [1.82, 2.24) is 9.80 Å². The maximum atomic E-state index is 12.1. The highest BCUT2D eigenvalue weighted by Crippen LogP contribution is 2.04. The predicted molar refractivity (Wildman–Crippen MR) is 84.9 cm³/mol. The Kier molecular flexibility index (Phi) is 7.51. The second-order valence-corrected chi connectivity index (χ2v) is 5.10. The molecule has 21 heavy (non-hydrogen) atoms. The van der Waals surface area contributed by atoms with E-state index in [1.807, 2.05) is 32.0 Å². The Morgan fingerprint density at radius 1 is 1.00 bits per heavy atom. The number of nitrogens with zero attached hydrogens (tertiary/aromatic N) is 2. The SMILES string of the molecule is CCN(CC)C(=O)CN(CCCc1ccccc1)C(C)=O. The third kappa shape index (κ3) is 5.98. The van der Waals surface area contributed by atoms with Gasteiger partial charge in [-0.2, -0.15) is 0 Å². The van der Waals surface area contributed by atoms with Crippen molar-refractivity contribution in [1.29, 1.82) is 0 Å². The highest BCUT2D eigenvalue weighted by atomic mass is 16.2. The number of hydrogen-bond acceptors (Lipinski definition) is 2. The number of benzene rings is 1. The molecule has 0 N–H and O–H groups in total. The number of aryl methyl sites for hydroxylation is 1. The molecule has 1 rings (SSSR count). The Morgan fingerprint density at radius 3 is 2.14 bits per heavy atom. The summed E-state index contributed by atoms with van der Waals surface area (Å²) in [6.07, 6.45) is 1.79. The molecule has 0 aliphatic rings. The van der Waals surface area contributed by atoms with Crippen molar-refractivity contribution in [3.8, 4) is 0 Å². The predicted octanol–water partition coefficient (Wildman–Crippen LogP) is 2.34. The molecule has 1 aromatic carbocycles. The fourth-order valence-corrected chi connectivity index (χ4v) is 2.31. The summed E-state index contributed by atoms with van der Waals surface area (Å²) >= 11 is 0. The quantitative estimate of drug-likeness (QED) is 0.737. The van der Waals surface area contributed by atoms with Gasteiger partial charge in [0.2, 0.25) is 11.8 Å². The average molecular weight is 290 g/mol. The second kappa shape index (κ2) is 9.16. The van der Waals surface area contributed by atoms with Gasteiger partial charge in [0.25, 0.3) is 0 Å². The third-order valence-corrected chi connectivity index (χ3v) is 3.62. The molecule has 116 valence electrons. The molecule has 0 heterocycles. The zero-order valence-electron chi connectivity index (χ0n) is 13.3. The first-order chi connectivity index (χ1) is 10.1. The smallest absolute Gasteiger partial charge is 0.242 e. The Labute approximate surface area is 127 Å². The molecule has 0 saturated heterocycles. The Morgan fingerprint density at radius 2 is 1.62 bits per heavy atom. The fraction of sp³-hybridized carbons (Fsp3) is 0.529. The van der Waals surface area contributed by atoms with Gasteiger partial charge in [-0.1, -0.05) is 30.3 Å². The van der Waals surface area contributed by atoms with Crippen molar-refractivity contribution in [3.63, 3.8) is 0 Å². The molecule has 0 atom stereocenters. The van der Waals surface area contributed by atoms with Crippen molar-refractivity contribution >= 4 is 11.8 Å². The number of carbonyl (C=O) groups is 2. The van der Waals surface area contributed by atoms with Crippen LogP contribution >= 0.6 is 0 Å². The lowest BCUT2D eigenvalue weighted by atomic mass is 10.1. The van der Waals surface area contributed by atoms with Gasteiger partial charge in [0.1, 0.15) is 0 Å². The lowest BCUT2D eigenvalue weighted by Crippen LogP contribution is -2.42. The molecule has 2 amide bonds. The van der Waals surface area contributed by atoms with E-state index in [0.717, 1.165) is 12.8 Å². The summed E-state index contributed by atoms with van der Waals surface area (Å²) in [6, 6.07) is 10.2. The summed E-state index contributed by atoms with van der Waals surface area (Å²) in [5.74, 6) is -0.0153. The van der Waals surface area contributed by atoms with Gasteiger partial charge < -0.3 is 9.80 Å². The van der Waals surface area contributed by atoms with E-state index in [-0.39, 0.29) is 18.4 Å². The minimum absolute atomic E-state index is 0.0231. The largest absolute Gasteiger partial charge is 0.342 e. The van der Waals surface area contributed by atoms with Crippen LogP contribution in [0.1, 0.15) is 32.8 Å². The van der Waals surface area contributed by atoms with Crippen LogP contribution in [0.4, 0.5) is 0 Å². The molecular weight excluding hydrogens is 264 g/mol.